The van der Waals surface area contributed by atoms with E-state index in [1.54, 1.807) is 19.2 Å². The number of nitrogens with zero attached hydrogens (tertiary/aromatic N) is 1. The second kappa shape index (κ2) is 7.41. The van der Waals surface area contributed by atoms with Gasteiger partial charge < -0.3 is 15.0 Å². The molecular formula is C17H18Cl2N2O3S. The quantitative estimate of drug-likeness (QED) is 0.853. The number of nitrogens with one attached hydrogen (secondary N) is 1. The maximum Gasteiger partial charge on any atom is 0.208 e. The Labute approximate surface area is 157 Å². The van der Waals surface area contributed by atoms with Crippen molar-refractivity contribution in [2.75, 3.05) is 38.2 Å². The van der Waals surface area contributed by atoms with E-state index < -0.39 is 9.84 Å². The van der Waals surface area contributed by atoms with Gasteiger partial charge in [-0.3, -0.25) is 0 Å². The average Bonchev–Trinajstić information content (AvgIpc) is 2.61. The Morgan fingerprint density at radius 1 is 1.08 bits per heavy atom. The molecule has 2 aromatic rings. The number of ether oxygens (including phenoxy) is 1. The predicted molar refractivity (Wildman–Crippen MR) is 100.0 cm³/mol. The van der Waals surface area contributed by atoms with Crippen LogP contribution in [0, 0.1) is 0 Å². The van der Waals surface area contributed by atoms with Crippen molar-refractivity contribution in [1.82, 2.24) is 5.32 Å². The maximum absolute atomic E-state index is 13.0. The van der Waals surface area contributed by atoms with Crippen LogP contribution in [0.15, 0.2) is 46.2 Å². The van der Waals surface area contributed by atoms with Gasteiger partial charge in [0.2, 0.25) is 9.84 Å². The summed E-state index contributed by atoms with van der Waals surface area (Å²) >= 11 is 12.0. The summed E-state index contributed by atoms with van der Waals surface area (Å²) in [6.45, 7) is 3.23. The molecule has 8 heteroatoms. The number of hydrogen-bond acceptors (Lipinski definition) is 5. The van der Waals surface area contributed by atoms with Gasteiger partial charge in [-0.05, 0) is 36.4 Å². The molecule has 1 heterocycles. The molecule has 1 fully saturated rings. The molecule has 0 aromatic heterocycles. The van der Waals surface area contributed by atoms with Crippen molar-refractivity contribution in [3.63, 3.8) is 0 Å². The molecule has 0 unspecified atom stereocenters. The number of piperazine rings is 1. The molecule has 0 saturated carbocycles. The number of anilines is 1. The first-order chi connectivity index (χ1) is 11.9. The first-order valence-corrected chi connectivity index (χ1v) is 10.0. The van der Waals surface area contributed by atoms with E-state index >= 15 is 0 Å². The van der Waals surface area contributed by atoms with E-state index in [2.05, 4.69) is 10.2 Å². The standard InChI is InChI=1S/C17H18Cl2N2O3S/c1-24-16-4-3-13(11-15(16)21-8-6-20-7-9-21)25(22,23)17-5-2-12(18)10-14(17)19/h2-5,10-11,20H,6-9H2,1H3. The van der Waals surface area contributed by atoms with Crippen molar-refractivity contribution < 1.29 is 13.2 Å². The number of methoxy groups -OCH3 is 1. The molecule has 25 heavy (non-hydrogen) atoms. The zero-order valence-electron chi connectivity index (χ0n) is 13.6. The molecule has 3 rings (SSSR count). The topological polar surface area (TPSA) is 58.6 Å². The number of benzene rings is 2. The highest BCUT2D eigenvalue weighted by atomic mass is 35.5. The first-order valence-electron chi connectivity index (χ1n) is 7.77. The minimum Gasteiger partial charge on any atom is -0.495 e. The zero-order chi connectivity index (χ0) is 18.0. The minimum atomic E-state index is -3.76. The summed E-state index contributed by atoms with van der Waals surface area (Å²) in [4.78, 5) is 2.32. The van der Waals surface area contributed by atoms with Gasteiger partial charge in [0, 0.05) is 31.2 Å². The van der Waals surface area contributed by atoms with Gasteiger partial charge in [0.15, 0.2) is 0 Å². The highest BCUT2D eigenvalue weighted by molar-refractivity contribution is 7.91. The third-order valence-corrected chi connectivity index (χ3v) is 6.57. The third kappa shape index (κ3) is 3.72. The van der Waals surface area contributed by atoms with Crippen molar-refractivity contribution >= 4 is 38.7 Å². The van der Waals surface area contributed by atoms with Crippen LogP contribution in [-0.2, 0) is 9.84 Å². The zero-order valence-corrected chi connectivity index (χ0v) is 16.0. The van der Waals surface area contributed by atoms with Crippen molar-refractivity contribution in [3.05, 3.63) is 46.4 Å². The van der Waals surface area contributed by atoms with E-state index in [-0.39, 0.29) is 14.8 Å². The molecule has 0 bridgehead atoms. The SMILES string of the molecule is COc1ccc(S(=O)(=O)c2ccc(Cl)cc2Cl)cc1N1CCNCC1. The van der Waals surface area contributed by atoms with Crippen LogP contribution in [-0.4, -0.2) is 41.7 Å². The van der Waals surface area contributed by atoms with E-state index in [9.17, 15) is 8.42 Å². The van der Waals surface area contributed by atoms with Crippen LogP contribution in [0.2, 0.25) is 10.0 Å². The van der Waals surface area contributed by atoms with Crippen LogP contribution >= 0.6 is 23.2 Å². The largest absolute Gasteiger partial charge is 0.495 e. The Bertz CT molecular complexity index is 881. The van der Waals surface area contributed by atoms with E-state index in [0.717, 1.165) is 31.9 Å². The van der Waals surface area contributed by atoms with Crippen LogP contribution in [0.25, 0.3) is 0 Å². The van der Waals surface area contributed by atoms with E-state index in [1.807, 2.05) is 0 Å². The molecule has 2 aromatic carbocycles. The van der Waals surface area contributed by atoms with Gasteiger partial charge >= 0.3 is 0 Å². The molecule has 0 aliphatic carbocycles. The molecule has 0 atom stereocenters. The Balaban J connectivity index is 2.07. The number of rotatable bonds is 4. The Morgan fingerprint density at radius 3 is 2.44 bits per heavy atom. The predicted octanol–water partition coefficient (Wildman–Crippen LogP) is 3.24. The summed E-state index contributed by atoms with van der Waals surface area (Å²) in [7, 11) is -2.19. The van der Waals surface area contributed by atoms with Crippen LogP contribution in [0.4, 0.5) is 5.69 Å². The van der Waals surface area contributed by atoms with E-state index in [4.69, 9.17) is 27.9 Å². The normalized spacial score (nSPS) is 15.2. The van der Waals surface area contributed by atoms with Crippen molar-refractivity contribution in [3.8, 4) is 5.75 Å². The monoisotopic (exact) mass is 400 g/mol. The second-order valence-electron chi connectivity index (χ2n) is 5.65. The molecular weight excluding hydrogens is 383 g/mol. The lowest BCUT2D eigenvalue weighted by atomic mass is 10.2. The molecule has 1 aliphatic rings. The number of halogens is 2. The van der Waals surface area contributed by atoms with Crippen LogP contribution < -0.4 is 15.0 Å². The molecule has 1 aliphatic heterocycles. The van der Waals surface area contributed by atoms with Crippen LogP contribution in [0.5, 0.6) is 5.75 Å². The molecule has 0 radical (unpaired) electrons. The Morgan fingerprint density at radius 2 is 1.80 bits per heavy atom. The van der Waals surface area contributed by atoms with Crippen molar-refractivity contribution in [2.24, 2.45) is 0 Å². The molecule has 0 amide bonds. The molecule has 1 saturated heterocycles. The molecule has 5 nitrogen and oxygen atoms in total. The van der Waals surface area contributed by atoms with Gasteiger partial charge in [0.25, 0.3) is 0 Å². The van der Waals surface area contributed by atoms with Crippen LogP contribution in [0.3, 0.4) is 0 Å². The molecule has 134 valence electrons. The number of hydrogen-bond donors (Lipinski definition) is 1. The highest BCUT2D eigenvalue weighted by Gasteiger charge is 2.24. The van der Waals surface area contributed by atoms with E-state index in [0.29, 0.717) is 10.8 Å². The molecule has 0 spiro atoms. The summed E-state index contributed by atoms with van der Waals surface area (Å²) in [5, 5.41) is 3.77. The summed E-state index contributed by atoms with van der Waals surface area (Å²) in [5.41, 5.74) is 0.759. The maximum atomic E-state index is 13.0. The second-order valence-corrected chi connectivity index (χ2v) is 8.41. The fourth-order valence-corrected chi connectivity index (χ4v) is 4.85. The summed E-state index contributed by atoms with van der Waals surface area (Å²) < 4.78 is 31.4. The number of sulfone groups is 1. The fourth-order valence-electron chi connectivity index (χ4n) is 2.81. The fraction of sp³-hybridized carbons (Fsp3) is 0.294. The first kappa shape index (κ1) is 18.3. The smallest absolute Gasteiger partial charge is 0.208 e. The lowest BCUT2D eigenvalue weighted by Crippen LogP contribution is -2.43. The van der Waals surface area contributed by atoms with Gasteiger partial charge in [0.1, 0.15) is 5.75 Å². The van der Waals surface area contributed by atoms with Gasteiger partial charge in [-0.15, -0.1) is 0 Å². The Hall–Kier alpha value is -1.47. The Kier molecular flexibility index (Phi) is 5.43. The van der Waals surface area contributed by atoms with E-state index in [1.165, 1.54) is 24.3 Å². The van der Waals surface area contributed by atoms with Gasteiger partial charge in [0.05, 0.1) is 27.6 Å². The van der Waals surface area contributed by atoms with Crippen molar-refractivity contribution in [1.29, 1.82) is 0 Å². The minimum absolute atomic E-state index is 0.0370. The van der Waals surface area contributed by atoms with Gasteiger partial charge in [-0.1, -0.05) is 23.2 Å². The third-order valence-electron chi connectivity index (χ3n) is 4.10. The summed E-state index contributed by atoms with van der Waals surface area (Å²) in [6.07, 6.45) is 0. The lowest BCUT2D eigenvalue weighted by Gasteiger charge is -2.30. The highest BCUT2D eigenvalue weighted by Crippen LogP contribution is 2.35. The lowest BCUT2D eigenvalue weighted by molar-refractivity contribution is 0.412. The van der Waals surface area contributed by atoms with Gasteiger partial charge in [-0.2, -0.15) is 0 Å². The summed E-state index contributed by atoms with van der Waals surface area (Å²) in [5.74, 6) is 0.642. The molecule has 1 N–H and O–H groups in total. The van der Waals surface area contributed by atoms with Crippen molar-refractivity contribution in [2.45, 2.75) is 9.79 Å². The summed E-state index contributed by atoms with van der Waals surface area (Å²) in [6, 6.07) is 9.22. The van der Waals surface area contributed by atoms with Gasteiger partial charge in [-0.25, -0.2) is 8.42 Å². The van der Waals surface area contributed by atoms with Crippen LogP contribution in [0.1, 0.15) is 0 Å². The average molecular weight is 401 g/mol.